The monoisotopic (exact) mass is 246 g/mol. The van der Waals surface area contributed by atoms with Gasteiger partial charge in [-0.2, -0.15) is 0 Å². The van der Waals surface area contributed by atoms with E-state index in [4.69, 9.17) is 16.3 Å². The number of hydrogen-bond donors (Lipinski definition) is 0. The van der Waals surface area contributed by atoms with Crippen LogP contribution < -0.4 is 0 Å². The molecule has 1 saturated heterocycles. The van der Waals surface area contributed by atoms with Crippen molar-refractivity contribution in [2.45, 2.75) is 5.92 Å². The maximum Gasteiger partial charge on any atom is 0.0557 e. The third-order valence-electron chi connectivity index (χ3n) is 1.99. The van der Waals surface area contributed by atoms with Crippen molar-refractivity contribution in [1.82, 2.24) is 0 Å². The maximum atomic E-state index is 5.90. The van der Waals surface area contributed by atoms with Crippen LogP contribution in [0.1, 0.15) is 11.5 Å². The highest BCUT2D eigenvalue weighted by molar-refractivity contribution is 9.10. The zero-order valence-corrected chi connectivity index (χ0v) is 8.73. The van der Waals surface area contributed by atoms with E-state index >= 15 is 0 Å². The van der Waals surface area contributed by atoms with Gasteiger partial charge in [0.25, 0.3) is 0 Å². The van der Waals surface area contributed by atoms with Gasteiger partial charge in [0.1, 0.15) is 0 Å². The SMILES string of the molecule is Clc1cc(Br)cc(C2COC2)c1. The smallest absolute Gasteiger partial charge is 0.0557 e. The molecule has 0 amide bonds. The summed E-state index contributed by atoms with van der Waals surface area (Å²) in [6, 6.07) is 5.99. The first kappa shape index (κ1) is 8.54. The quantitative estimate of drug-likeness (QED) is 0.740. The van der Waals surface area contributed by atoms with Crippen LogP contribution in [-0.4, -0.2) is 13.2 Å². The summed E-state index contributed by atoms with van der Waals surface area (Å²) in [5, 5.41) is 0.784. The molecule has 0 bridgehead atoms. The fourth-order valence-corrected chi connectivity index (χ4v) is 2.13. The van der Waals surface area contributed by atoms with Gasteiger partial charge in [-0.05, 0) is 23.8 Å². The summed E-state index contributed by atoms with van der Waals surface area (Å²) in [7, 11) is 0. The Morgan fingerprint density at radius 2 is 2.08 bits per heavy atom. The van der Waals surface area contributed by atoms with Crippen LogP contribution >= 0.6 is 27.5 Å². The molecular weight excluding hydrogens is 239 g/mol. The molecule has 1 nitrogen and oxygen atoms in total. The third kappa shape index (κ3) is 1.65. The van der Waals surface area contributed by atoms with Gasteiger partial charge in [0.2, 0.25) is 0 Å². The number of hydrogen-bond acceptors (Lipinski definition) is 1. The largest absolute Gasteiger partial charge is 0.380 e. The van der Waals surface area contributed by atoms with Gasteiger partial charge >= 0.3 is 0 Å². The van der Waals surface area contributed by atoms with Crippen LogP contribution in [0.2, 0.25) is 5.02 Å². The first-order valence-electron chi connectivity index (χ1n) is 3.79. The number of rotatable bonds is 1. The second kappa shape index (κ2) is 3.36. The summed E-state index contributed by atoms with van der Waals surface area (Å²) in [5.74, 6) is 0.542. The molecule has 0 aliphatic carbocycles. The molecule has 64 valence electrons. The fraction of sp³-hybridized carbons (Fsp3) is 0.333. The van der Waals surface area contributed by atoms with Gasteiger partial charge in [0.05, 0.1) is 13.2 Å². The van der Waals surface area contributed by atoms with Crippen LogP contribution in [0.15, 0.2) is 22.7 Å². The lowest BCUT2D eigenvalue weighted by atomic mass is 9.98. The van der Waals surface area contributed by atoms with Crippen molar-refractivity contribution in [3.63, 3.8) is 0 Å². The van der Waals surface area contributed by atoms with E-state index < -0.39 is 0 Å². The summed E-state index contributed by atoms with van der Waals surface area (Å²) >= 11 is 9.31. The molecule has 3 heteroatoms. The van der Waals surface area contributed by atoms with Crippen molar-refractivity contribution in [2.24, 2.45) is 0 Å². The summed E-state index contributed by atoms with van der Waals surface area (Å²) in [6.07, 6.45) is 0. The Labute approximate surface area is 84.8 Å². The molecule has 1 heterocycles. The molecule has 2 rings (SSSR count). The molecule has 0 aromatic heterocycles. The van der Waals surface area contributed by atoms with Crippen LogP contribution in [0.5, 0.6) is 0 Å². The van der Waals surface area contributed by atoms with Crippen LogP contribution in [0.25, 0.3) is 0 Å². The van der Waals surface area contributed by atoms with Gasteiger partial charge in [0, 0.05) is 15.4 Å². The average molecular weight is 248 g/mol. The van der Waals surface area contributed by atoms with E-state index in [2.05, 4.69) is 22.0 Å². The molecule has 1 aliphatic heterocycles. The third-order valence-corrected chi connectivity index (χ3v) is 2.67. The Morgan fingerprint density at radius 3 is 2.58 bits per heavy atom. The molecule has 1 aromatic rings. The van der Waals surface area contributed by atoms with E-state index in [9.17, 15) is 0 Å². The minimum absolute atomic E-state index is 0.542. The molecule has 0 saturated carbocycles. The van der Waals surface area contributed by atoms with Crippen molar-refractivity contribution in [1.29, 1.82) is 0 Å². The van der Waals surface area contributed by atoms with Crippen molar-refractivity contribution < 1.29 is 4.74 Å². The van der Waals surface area contributed by atoms with Crippen molar-refractivity contribution >= 4 is 27.5 Å². The highest BCUT2D eigenvalue weighted by Gasteiger charge is 2.20. The highest BCUT2D eigenvalue weighted by Crippen LogP contribution is 2.29. The normalized spacial score (nSPS) is 17.5. The van der Waals surface area contributed by atoms with Gasteiger partial charge in [-0.1, -0.05) is 27.5 Å². The molecule has 0 unspecified atom stereocenters. The minimum atomic E-state index is 0.542. The summed E-state index contributed by atoms with van der Waals surface area (Å²) in [6.45, 7) is 1.65. The first-order valence-corrected chi connectivity index (χ1v) is 4.96. The van der Waals surface area contributed by atoms with Crippen LogP contribution in [0, 0.1) is 0 Å². The predicted molar refractivity (Wildman–Crippen MR) is 52.7 cm³/mol. The molecule has 0 spiro atoms. The van der Waals surface area contributed by atoms with Crippen molar-refractivity contribution in [2.75, 3.05) is 13.2 Å². The summed E-state index contributed by atoms with van der Waals surface area (Å²) in [5.41, 5.74) is 1.26. The molecule has 1 aliphatic rings. The van der Waals surface area contributed by atoms with E-state index in [1.54, 1.807) is 0 Å². The fourth-order valence-electron chi connectivity index (χ4n) is 1.24. The number of ether oxygens (including phenoxy) is 1. The lowest BCUT2D eigenvalue weighted by Gasteiger charge is -2.26. The Kier molecular flexibility index (Phi) is 2.40. The number of halogens is 2. The minimum Gasteiger partial charge on any atom is -0.380 e. The Morgan fingerprint density at radius 1 is 1.33 bits per heavy atom. The predicted octanol–water partition coefficient (Wildman–Crippen LogP) is 3.22. The molecule has 0 N–H and O–H groups in total. The Balaban J connectivity index is 2.30. The van der Waals surface area contributed by atoms with E-state index in [0.29, 0.717) is 5.92 Å². The molecule has 12 heavy (non-hydrogen) atoms. The van der Waals surface area contributed by atoms with E-state index in [-0.39, 0.29) is 0 Å². The van der Waals surface area contributed by atoms with Gasteiger partial charge < -0.3 is 4.74 Å². The standard InChI is InChI=1S/C9H8BrClO/c10-8-1-6(2-9(11)3-8)7-4-12-5-7/h1-3,7H,4-5H2. The van der Waals surface area contributed by atoms with Crippen LogP contribution in [-0.2, 0) is 4.74 Å². The average Bonchev–Trinajstić information content (AvgIpc) is 1.79. The highest BCUT2D eigenvalue weighted by atomic mass is 79.9. The zero-order valence-electron chi connectivity index (χ0n) is 6.39. The van der Waals surface area contributed by atoms with Gasteiger partial charge in [-0.3, -0.25) is 0 Å². The van der Waals surface area contributed by atoms with Crippen molar-refractivity contribution in [3.05, 3.63) is 33.3 Å². The number of benzene rings is 1. The Bertz CT molecular complexity index is 276. The molecule has 1 aromatic carbocycles. The lowest BCUT2D eigenvalue weighted by molar-refractivity contribution is 0.00840. The van der Waals surface area contributed by atoms with Gasteiger partial charge in [-0.15, -0.1) is 0 Å². The van der Waals surface area contributed by atoms with Gasteiger partial charge in [-0.25, -0.2) is 0 Å². The maximum absolute atomic E-state index is 5.90. The topological polar surface area (TPSA) is 9.23 Å². The summed E-state index contributed by atoms with van der Waals surface area (Å²) in [4.78, 5) is 0. The van der Waals surface area contributed by atoms with E-state index in [1.165, 1.54) is 5.56 Å². The Hall–Kier alpha value is -0.0500. The first-order chi connectivity index (χ1) is 5.75. The lowest BCUT2D eigenvalue weighted by Crippen LogP contribution is -2.24. The summed E-state index contributed by atoms with van der Waals surface area (Å²) < 4.78 is 6.15. The molecule has 0 atom stereocenters. The van der Waals surface area contributed by atoms with E-state index in [0.717, 1.165) is 22.7 Å². The van der Waals surface area contributed by atoms with E-state index in [1.807, 2.05) is 12.1 Å². The second-order valence-electron chi connectivity index (χ2n) is 2.94. The second-order valence-corrected chi connectivity index (χ2v) is 4.29. The van der Waals surface area contributed by atoms with Gasteiger partial charge in [0.15, 0.2) is 0 Å². The van der Waals surface area contributed by atoms with Crippen LogP contribution in [0.4, 0.5) is 0 Å². The molecular formula is C9H8BrClO. The zero-order chi connectivity index (χ0) is 8.55. The molecule has 0 radical (unpaired) electrons. The molecule has 1 fully saturated rings. The van der Waals surface area contributed by atoms with Crippen LogP contribution in [0.3, 0.4) is 0 Å². The van der Waals surface area contributed by atoms with Crippen molar-refractivity contribution in [3.8, 4) is 0 Å².